The van der Waals surface area contributed by atoms with E-state index in [2.05, 4.69) is 15.0 Å². The second-order valence-corrected chi connectivity index (χ2v) is 6.62. The summed E-state index contributed by atoms with van der Waals surface area (Å²) in [7, 11) is 0. The highest BCUT2D eigenvalue weighted by atomic mass is 35.5. The summed E-state index contributed by atoms with van der Waals surface area (Å²) in [4.78, 5) is 17.9. The lowest BCUT2D eigenvalue weighted by Gasteiger charge is -2.19. The van der Waals surface area contributed by atoms with Crippen molar-refractivity contribution in [1.29, 1.82) is 0 Å². The maximum atomic E-state index is 11.4. The molecule has 0 heterocycles. The monoisotopic (exact) mass is 400 g/mol. The number of nitrogens with one attached hydrogen (secondary N) is 1. The summed E-state index contributed by atoms with van der Waals surface area (Å²) < 4.78 is 5.11. The number of alkyl carbamates (subject to hydrolysis) is 1. The van der Waals surface area contributed by atoms with Gasteiger partial charge in [0.15, 0.2) is 11.4 Å². The second kappa shape index (κ2) is 12.3. The SMILES string of the molecule is Cl.[C-]#[N+]c1ccc(CN)cc1.[C-]#[N+]c1ccc(CNC(=O)OC(C)(C)C)cc1. The number of carbonyl (C=O) groups excluding carboxylic acids is 1. The van der Waals surface area contributed by atoms with E-state index in [1.807, 2.05) is 45.0 Å². The number of halogens is 1. The first-order chi connectivity index (χ1) is 12.8. The van der Waals surface area contributed by atoms with Crippen molar-refractivity contribution in [1.82, 2.24) is 5.32 Å². The van der Waals surface area contributed by atoms with Gasteiger partial charge in [0.1, 0.15) is 5.60 Å². The largest absolute Gasteiger partial charge is 0.444 e. The molecule has 2 aromatic rings. The van der Waals surface area contributed by atoms with Crippen LogP contribution in [0, 0.1) is 13.1 Å². The molecule has 7 heteroatoms. The Balaban J connectivity index is 0.000000567. The Labute approximate surface area is 172 Å². The van der Waals surface area contributed by atoms with Gasteiger partial charge in [-0.15, -0.1) is 12.4 Å². The van der Waals surface area contributed by atoms with Crippen LogP contribution in [-0.4, -0.2) is 11.7 Å². The highest BCUT2D eigenvalue weighted by molar-refractivity contribution is 5.85. The molecule has 0 saturated heterocycles. The van der Waals surface area contributed by atoms with Crippen molar-refractivity contribution in [3.63, 3.8) is 0 Å². The van der Waals surface area contributed by atoms with Crippen LogP contribution < -0.4 is 11.1 Å². The smallest absolute Gasteiger partial charge is 0.407 e. The van der Waals surface area contributed by atoms with E-state index in [9.17, 15) is 4.79 Å². The predicted molar refractivity (Wildman–Crippen MR) is 114 cm³/mol. The van der Waals surface area contributed by atoms with Gasteiger partial charge in [0, 0.05) is 13.1 Å². The van der Waals surface area contributed by atoms with E-state index in [-0.39, 0.29) is 12.4 Å². The second-order valence-electron chi connectivity index (χ2n) is 6.62. The van der Waals surface area contributed by atoms with Crippen LogP contribution in [0.1, 0.15) is 31.9 Å². The zero-order valence-corrected chi connectivity index (χ0v) is 17.0. The van der Waals surface area contributed by atoms with Gasteiger partial charge >= 0.3 is 6.09 Å². The van der Waals surface area contributed by atoms with Crippen molar-refractivity contribution in [3.05, 3.63) is 82.5 Å². The van der Waals surface area contributed by atoms with E-state index in [1.165, 1.54) is 0 Å². The number of ether oxygens (including phenoxy) is 1. The van der Waals surface area contributed by atoms with Crippen molar-refractivity contribution < 1.29 is 9.53 Å². The lowest BCUT2D eigenvalue weighted by molar-refractivity contribution is 0.0523. The third kappa shape index (κ3) is 10.2. The van der Waals surface area contributed by atoms with Gasteiger partial charge in [-0.2, -0.15) is 0 Å². The van der Waals surface area contributed by atoms with E-state index >= 15 is 0 Å². The van der Waals surface area contributed by atoms with Gasteiger partial charge in [-0.05, 0) is 31.9 Å². The number of amides is 1. The van der Waals surface area contributed by atoms with Crippen molar-refractivity contribution in [3.8, 4) is 0 Å². The van der Waals surface area contributed by atoms with Gasteiger partial charge in [-0.3, -0.25) is 0 Å². The number of carbonyl (C=O) groups is 1. The van der Waals surface area contributed by atoms with Crippen LogP contribution >= 0.6 is 12.4 Å². The standard InChI is InChI=1S/C13H16N2O2.C8H8N2.ClH/c1-13(2,3)17-12(16)15-9-10-5-7-11(14-4)8-6-10;1-10-8-4-2-7(6-9)3-5-8;/h5-8H,9H2,1-3H3,(H,15,16);2-5H,6,9H2;1H. The topological polar surface area (TPSA) is 73.1 Å². The molecule has 28 heavy (non-hydrogen) atoms. The minimum Gasteiger partial charge on any atom is -0.444 e. The fraction of sp³-hybridized carbons (Fsp3) is 0.286. The lowest BCUT2D eigenvalue weighted by Crippen LogP contribution is -2.32. The van der Waals surface area contributed by atoms with Crippen molar-refractivity contribution >= 4 is 29.9 Å². The molecule has 0 aliphatic carbocycles. The summed E-state index contributed by atoms with van der Waals surface area (Å²) in [5.74, 6) is 0. The van der Waals surface area contributed by atoms with Crippen LogP contribution in [0.5, 0.6) is 0 Å². The van der Waals surface area contributed by atoms with Crippen LogP contribution in [0.4, 0.5) is 16.2 Å². The van der Waals surface area contributed by atoms with Crippen LogP contribution in [0.15, 0.2) is 48.5 Å². The molecule has 0 radical (unpaired) electrons. The molecule has 0 aliphatic heterocycles. The maximum Gasteiger partial charge on any atom is 0.407 e. The Hall–Kier alpha value is -3.06. The first-order valence-electron chi connectivity index (χ1n) is 8.37. The minimum absolute atomic E-state index is 0. The fourth-order valence-electron chi connectivity index (χ4n) is 1.88. The van der Waals surface area contributed by atoms with Crippen molar-refractivity contribution in [2.24, 2.45) is 5.73 Å². The lowest BCUT2D eigenvalue weighted by atomic mass is 10.2. The molecule has 0 spiro atoms. The molecular formula is C21H25ClN4O2. The molecule has 2 rings (SSSR count). The van der Waals surface area contributed by atoms with Gasteiger partial charge in [0.2, 0.25) is 0 Å². The maximum absolute atomic E-state index is 11.4. The van der Waals surface area contributed by atoms with Crippen LogP contribution in [0.2, 0.25) is 0 Å². The molecule has 0 aliphatic rings. The average Bonchev–Trinajstić information content (AvgIpc) is 2.66. The summed E-state index contributed by atoms with van der Waals surface area (Å²) in [6.45, 7) is 19.9. The fourth-order valence-corrected chi connectivity index (χ4v) is 1.88. The Morgan fingerprint density at radius 3 is 1.75 bits per heavy atom. The zero-order chi connectivity index (χ0) is 20.3. The third-order valence-corrected chi connectivity index (χ3v) is 3.20. The highest BCUT2D eigenvalue weighted by Crippen LogP contribution is 2.13. The molecule has 0 bridgehead atoms. The highest BCUT2D eigenvalue weighted by Gasteiger charge is 2.15. The molecular weight excluding hydrogens is 376 g/mol. The first-order valence-corrected chi connectivity index (χ1v) is 8.37. The Morgan fingerprint density at radius 1 is 0.964 bits per heavy atom. The average molecular weight is 401 g/mol. The summed E-state index contributed by atoms with van der Waals surface area (Å²) in [5, 5.41) is 2.65. The molecule has 1 amide bonds. The molecule has 148 valence electrons. The van der Waals surface area contributed by atoms with Crippen LogP contribution in [0.25, 0.3) is 9.69 Å². The zero-order valence-electron chi connectivity index (χ0n) is 16.2. The number of benzene rings is 2. The minimum atomic E-state index is -0.488. The normalized spacial score (nSPS) is 9.50. The van der Waals surface area contributed by atoms with E-state index < -0.39 is 11.7 Å². The molecule has 0 atom stereocenters. The molecule has 0 aromatic heterocycles. The summed E-state index contributed by atoms with van der Waals surface area (Å²) in [5.41, 5.74) is 8.12. The Kier molecular flexibility index (Phi) is 11.0. The van der Waals surface area contributed by atoms with Gasteiger partial charge in [-0.1, -0.05) is 48.5 Å². The summed E-state index contributed by atoms with van der Waals surface area (Å²) in [6, 6.07) is 14.3. The summed E-state index contributed by atoms with van der Waals surface area (Å²) >= 11 is 0. The number of hydrogen-bond acceptors (Lipinski definition) is 3. The summed E-state index contributed by atoms with van der Waals surface area (Å²) in [6.07, 6.45) is -0.438. The number of hydrogen-bond donors (Lipinski definition) is 2. The molecule has 0 saturated carbocycles. The Bertz CT molecular complexity index is 814. The number of nitrogens with two attached hydrogens (primary N) is 1. The molecule has 2 aromatic carbocycles. The van der Waals surface area contributed by atoms with Crippen molar-refractivity contribution in [2.75, 3.05) is 0 Å². The van der Waals surface area contributed by atoms with E-state index in [4.69, 9.17) is 23.6 Å². The number of nitrogens with zero attached hydrogens (tertiary/aromatic N) is 2. The molecule has 3 N–H and O–H groups in total. The Morgan fingerprint density at radius 2 is 1.39 bits per heavy atom. The van der Waals surface area contributed by atoms with Gasteiger partial charge in [0.25, 0.3) is 0 Å². The van der Waals surface area contributed by atoms with Gasteiger partial charge in [0.05, 0.1) is 13.1 Å². The van der Waals surface area contributed by atoms with Gasteiger partial charge < -0.3 is 15.8 Å². The van der Waals surface area contributed by atoms with E-state index in [0.717, 1.165) is 11.1 Å². The van der Waals surface area contributed by atoms with Crippen LogP contribution in [-0.2, 0) is 17.8 Å². The van der Waals surface area contributed by atoms with Gasteiger partial charge in [-0.25, -0.2) is 14.5 Å². The van der Waals surface area contributed by atoms with E-state index in [0.29, 0.717) is 24.5 Å². The quantitative estimate of drug-likeness (QED) is 0.679. The van der Waals surface area contributed by atoms with E-state index in [1.54, 1.807) is 24.3 Å². The molecule has 6 nitrogen and oxygen atoms in total. The predicted octanol–water partition coefficient (Wildman–Crippen LogP) is 5.38. The first kappa shape index (κ1) is 24.9. The molecule has 0 fully saturated rings. The number of rotatable bonds is 3. The third-order valence-electron chi connectivity index (χ3n) is 3.20. The van der Waals surface area contributed by atoms with Crippen molar-refractivity contribution in [2.45, 2.75) is 39.5 Å². The molecule has 0 unspecified atom stereocenters. The van der Waals surface area contributed by atoms with Crippen LogP contribution in [0.3, 0.4) is 0 Å².